The number of hydrogen-bond donors (Lipinski definition) is 1. The van der Waals surface area contributed by atoms with Gasteiger partial charge in [0.25, 0.3) is 0 Å². The quantitative estimate of drug-likeness (QED) is 0.445. The highest BCUT2D eigenvalue weighted by molar-refractivity contribution is 6.32. The van der Waals surface area contributed by atoms with Crippen LogP contribution in [0.2, 0.25) is 5.02 Å². The molecular formula is C32H42ClN5O3. The number of amides is 2. The summed E-state index contributed by atoms with van der Waals surface area (Å²) < 4.78 is 6.25. The van der Waals surface area contributed by atoms with Crippen molar-refractivity contribution in [2.45, 2.75) is 90.3 Å². The van der Waals surface area contributed by atoms with Gasteiger partial charge in [0.15, 0.2) is 5.75 Å². The Balaban J connectivity index is 1.33. The second-order valence-corrected chi connectivity index (χ2v) is 12.5. The molecule has 3 heterocycles. The van der Waals surface area contributed by atoms with E-state index < -0.39 is 6.09 Å². The highest BCUT2D eigenvalue weighted by Crippen LogP contribution is 2.44. The van der Waals surface area contributed by atoms with Crippen molar-refractivity contribution < 1.29 is 14.3 Å². The van der Waals surface area contributed by atoms with Crippen LogP contribution in [-0.2, 0) is 11.2 Å². The maximum atomic E-state index is 14.0. The summed E-state index contributed by atoms with van der Waals surface area (Å²) in [5, 5.41) is 3.08. The monoisotopic (exact) mass is 579 g/mol. The molecule has 2 fully saturated rings. The number of nitrogens with one attached hydrogen (secondary N) is 1. The Hall–Kier alpha value is -2.81. The average Bonchev–Trinajstić information content (AvgIpc) is 3.69. The molecule has 0 bridgehead atoms. The van der Waals surface area contributed by atoms with Gasteiger partial charge in [0.2, 0.25) is 5.91 Å². The standard InChI is InChI=1S/C32H42ClN5O3/c1-5-7-24-11-12-26-27(33)13-15-30(31(26)35(24)6-2)41-32(40)36-18-20(3)38(21(4)39)28-14-8-22(16-29(28)36)23-17-34-37(19-23)25-9-10-25/h8,13-16,20,23-25,34H,5-7,9-12,17-19H2,1-4H3. The fraction of sp³-hybridized carbons (Fsp3) is 0.562. The first-order valence-electron chi connectivity index (χ1n) is 15.3. The van der Waals surface area contributed by atoms with Crippen LogP contribution in [0.4, 0.5) is 21.9 Å². The molecule has 1 saturated heterocycles. The van der Waals surface area contributed by atoms with Gasteiger partial charge in [0.05, 0.1) is 23.1 Å². The first-order chi connectivity index (χ1) is 19.8. The van der Waals surface area contributed by atoms with Gasteiger partial charge in [-0.1, -0.05) is 31.0 Å². The van der Waals surface area contributed by atoms with E-state index >= 15 is 0 Å². The van der Waals surface area contributed by atoms with Crippen molar-refractivity contribution in [1.82, 2.24) is 10.4 Å². The number of benzene rings is 2. The van der Waals surface area contributed by atoms with Crippen LogP contribution in [0, 0.1) is 0 Å². The fourth-order valence-corrected chi connectivity index (χ4v) is 7.35. The van der Waals surface area contributed by atoms with E-state index in [1.54, 1.807) is 16.7 Å². The van der Waals surface area contributed by atoms with Gasteiger partial charge in [-0.3, -0.25) is 15.1 Å². The summed E-state index contributed by atoms with van der Waals surface area (Å²) in [6.45, 7) is 10.9. The second kappa shape index (κ2) is 11.5. The Morgan fingerprint density at radius 2 is 1.88 bits per heavy atom. The number of rotatable bonds is 6. The highest BCUT2D eigenvalue weighted by atomic mass is 35.5. The largest absolute Gasteiger partial charge is 0.419 e. The molecule has 0 radical (unpaired) electrons. The van der Waals surface area contributed by atoms with Crippen molar-refractivity contribution in [2.24, 2.45) is 0 Å². The van der Waals surface area contributed by atoms with Crippen LogP contribution in [0.1, 0.15) is 76.8 Å². The van der Waals surface area contributed by atoms with Gasteiger partial charge in [-0.25, -0.2) is 9.80 Å². The van der Waals surface area contributed by atoms with Crippen molar-refractivity contribution in [3.8, 4) is 5.75 Å². The van der Waals surface area contributed by atoms with E-state index in [1.807, 2.05) is 25.1 Å². The number of halogens is 1. The van der Waals surface area contributed by atoms with E-state index in [0.29, 0.717) is 30.3 Å². The Morgan fingerprint density at radius 1 is 1.07 bits per heavy atom. The third-order valence-electron chi connectivity index (χ3n) is 9.22. The van der Waals surface area contributed by atoms with E-state index in [4.69, 9.17) is 16.3 Å². The minimum Gasteiger partial charge on any atom is -0.408 e. The summed E-state index contributed by atoms with van der Waals surface area (Å²) in [6.07, 6.45) is 6.16. The van der Waals surface area contributed by atoms with E-state index in [2.05, 4.69) is 41.3 Å². The predicted octanol–water partition coefficient (Wildman–Crippen LogP) is 6.11. The van der Waals surface area contributed by atoms with Gasteiger partial charge in [0.1, 0.15) is 0 Å². The van der Waals surface area contributed by atoms with Gasteiger partial charge >= 0.3 is 6.09 Å². The minimum absolute atomic E-state index is 0.0331. The van der Waals surface area contributed by atoms with Crippen LogP contribution >= 0.6 is 11.6 Å². The molecule has 3 unspecified atom stereocenters. The van der Waals surface area contributed by atoms with Crippen LogP contribution in [0.3, 0.4) is 0 Å². The fourth-order valence-electron chi connectivity index (χ4n) is 7.10. The molecule has 1 aliphatic carbocycles. The van der Waals surface area contributed by atoms with Gasteiger partial charge in [-0.05, 0) is 81.3 Å². The number of ether oxygens (including phenoxy) is 1. The number of fused-ring (bicyclic) bond motifs is 2. The van der Waals surface area contributed by atoms with Gasteiger partial charge in [0, 0.05) is 56.1 Å². The molecule has 3 aliphatic heterocycles. The van der Waals surface area contributed by atoms with Crippen LogP contribution in [-0.4, -0.2) is 61.3 Å². The molecule has 2 aromatic carbocycles. The number of carbonyl (C=O) groups is 2. The Bertz CT molecular complexity index is 1330. The topological polar surface area (TPSA) is 68.4 Å². The number of hydrogen-bond acceptors (Lipinski definition) is 6. The molecule has 1 N–H and O–H groups in total. The number of hydrazine groups is 1. The lowest BCUT2D eigenvalue weighted by atomic mass is 9.92. The molecule has 0 spiro atoms. The Kier molecular flexibility index (Phi) is 7.92. The van der Waals surface area contributed by atoms with Crippen LogP contribution in [0.15, 0.2) is 30.3 Å². The summed E-state index contributed by atoms with van der Waals surface area (Å²) in [5.41, 5.74) is 8.19. The predicted molar refractivity (Wildman–Crippen MR) is 164 cm³/mol. The normalized spacial score (nSPS) is 24.3. The van der Waals surface area contributed by atoms with E-state index in [-0.39, 0.29) is 11.9 Å². The second-order valence-electron chi connectivity index (χ2n) is 12.0. The SMILES string of the molecule is CCCC1CCc2c(Cl)ccc(OC(=O)N3CC(C)N(C(C)=O)c4ccc(C5CNN(C6CC6)C5)cc43)c2N1CC. The lowest BCUT2D eigenvalue weighted by Crippen LogP contribution is -2.52. The number of nitrogens with zero attached hydrogens (tertiary/aromatic N) is 4. The summed E-state index contributed by atoms with van der Waals surface area (Å²) in [7, 11) is 0. The van der Waals surface area contributed by atoms with Crippen molar-refractivity contribution in [1.29, 1.82) is 0 Å². The average molecular weight is 580 g/mol. The number of carbonyl (C=O) groups excluding carboxylic acids is 2. The summed E-state index contributed by atoms with van der Waals surface area (Å²) in [5.74, 6) is 0.839. The molecule has 41 heavy (non-hydrogen) atoms. The van der Waals surface area contributed by atoms with E-state index in [0.717, 1.165) is 73.0 Å². The van der Waals surface area contributed by atoms with Crippen molar-refractivity contribution in [2.75, 3.05) is 40.9 Å². The van der Waals surface area contributed by atoms with Crippen molar-refractivity contribution in [3.05, 3.63) is 46.5 Å². The lowest BCUT2D eigenvalue weighted by molar-refractivity contribution is -0.117. The Morgan fingerprint density at radius 3 is 2.59 bits per heavy atom. The molecular weight excluding hydrogens is 538 g/mol. The maximum Gasteiger partial charge on any atom is 0.419 e. The molecule has 8 nitrogen and oxygen atoms in total. The molecule has 3 atom stereocenters. The first-order valence-corrected chi connectivity index (χ1v) is 15.7. The zero-order valence-electron chi connectivity index (χ0n) is 24.7. The van der Waals surface area contributed by atoms with Gasteiger partial charge in [-0.2, -0.15) is 0 Å². The third-order valence-corrected chi connectivity index (χ3v) is 9.57. The molecule has 2 amide bonds. The molecule has 2 aromatic rings. The van der Waals surface area contributed by atoms with Crippen LogP contribution in [0.5, 0.6) is 5.75 Å². The molecule has 6 rings (SSSR count). The first kappa shape index (κ1) is 28.3. The summed E-state index contributed by atoms with van der Waals surface area (Å²) >= 11 is 6.67. The molecule has 9 heteroatoms. The van der Waals surface area contributed by atoms with Crippen molar-refractivity contribution in [3.63, 3.8) is 0 Å². The molecule has 4 aliphatic rings. The lowest BCUT2D eigenvalue weighted by Gasteiger charge is -2.41. The van der Waals surface area contributed by atoms with Gasteiger partial charge < -0.3 is 14.5 Å². The molecule has 220 valence electrons. The smallest absolute Gasteiger partial charge is 0.408 e. The van der Waals surface area contributed by atoms with Crippen molar-refractivity contribution >= 4 is 40.7 Å². The zero-order chi connectivity index (χ0) is 28.8. The number of anilines is 3. The minimum atomic E-state index is -0.430. The van der Waals surface area contributed by atoms with Crippen LogP contribution in [0.25, 0.3) is 0 Å². The van der Waals surface area contributed by atoms with E-state index in [9.17, 15) is 9.59 Å². The third kappa shape index (κ3) is 5.30. The van der Waals surface area contributed by atoms with Crippen LogP contribution < -0.4 is 24.9 Å². The molecule has 0 aromatic heterocycles. The Labute approximate surface area is 248 Å². The maximum absolute atomic E-state index is 14.0. The zero-order valence-corrected chi connectivity index (χ0v) is 25.4. The van der Waals surface area contributed by atoms with Gasteiger partial charge in [-0.15, -0.1) is 0 Å². The van der Waals surface area contributed by atoms with E-state index in [1.165, 1.54) is 18.4 Å². The summed E-state index contributed by atoms with van der Waals surface area (Å²) in [4.78, 5) is 32.6. The summed E-state index contributed by atoms with van der Waals surface area (Å²) in [6, 6.07) is 10.7. The molecule has 1 saturated carbocycles. The highest BCUT2D eigenvalue weighted by Gasteiger charge is 2.38.